The lowest BCUT2D eigenvalue weighted by Gasteiger charge is -2.42. The summed E-state index contributed by atoms with van der Waals surface area (Å²) in [7, 11) is 0. The molecule has 0 amide bonds. The van der Waals surface area contributed by atoms with Gasteiger partial charge in [-0.05, 0) is 202 Å². The van der Waals surface area contributed by atoms with Gasteiger partial charge in [-0.1, -0.05) is 273 Å². The van der Waals surface area contributed by atoms with Gasteiger partial charge in [-0.15, -0.1) is 0 Å². The standard InChI is InChI=1S/C22H21N.C20H17N2.C19H17N.C15H13N.2C14H11N/c1-16-13-14-19-21(15-16)23(17-9-5-4-6-10-17)20-12-8-7-11-18(20)22(19,2)3;1-15-11-13-16(14-12-15)20-21-18-9-5-6-10-19(18)22(20)17-7-3-2-4-8-17;1-16-12-14-19(15-13-16)20(17-8-4-2-5-9-17)18-10-6-3-7-11-18;1-12-6-8-14(9-7-12)16-11-10-13-4-2-3-5-15(13)16;1-10-11-6-2-4-8-13(11)15-14-9-5-3-7-12(10)14;1-10-4-5-11-6-7-12-3-2-8-15-14(12)13(11)9-10/h4-15H,1-3H3;2-14,20H,1H3;2-15H,1H3;2-11H,1H3;2*2-9H,1H3/q;+1;;;;. The summed E-state index contributed by atoms with van der Waals surface area (Å²) in [5.41, 5.74) is 25.9. The van der Waals surface area contributed by atoms with Crippen LogP contribution in [0.3, 0.4) is 0 Å². The molecule has 0 saturated heterocycles. The van der Waals surface area contributed by atoms with E-state index in [9.17, 15) is 0 Å². The van der Waals surface area contributed by atoms with Crippen LogP contribution in [-0.4, -0.2) is 14.5 Å². The average Bonchev–Trinajstić information content (AvgIpc) is 1.42. The number of aromatic nitrogens is 3. The van der Waals surface area contributed by atoms with E-state index < -0.39 is 0 Å². The van der Waals surface area contributed by atoms with Crippen LogP contribution in [0.2, 0.25) is 0 Å². The third-order valence-corrected chi connectivity index (χ3v) is 20.8. The predicted octanol–water partition coefficient (Wildman–Crippen LogP) is 26.1. The minimum absolute atomic E-state index is 0.000370. The van der Waals surface area contributed by atoms with Crippen LogP contribution in [0.25, 0.3) is 60.1 Å². The van der Waals surface area contributed by atoms with Crippen molar-refractivity contribution in [3.8, 4) is 5.69 Å². The molecular weight excluding hydrogens is 1350 g/mol. The van der Waals surface area contributed by atoms with Crippen molar-refractivity contribution < 1.29 is 0 Å². The van der Waals surface area contributed by atoms with Crippen LogP contribution in [0.15, 0.2) is 400 Å². The predicted molar refractivity (Wildman–Crippen MR) is 468 cm³/mol. The number of aryl methyl sites for hydroxylation is 6. The van der Waals surface area contributed by atoms with E-state index in [2.05, 4.69) is 430 Å². The first-order valence-electron chi connectivity index (χ1n) is 38.2. The molecule has 0 fully saturated rings. The summed E-state index contributed by atoms with van der Waals surface area (Å²) in [4.78, 5) is 18.7. The quantitative estimate of drug-likeness (QED) is 0.0906. The number of pyridine rings is 2. The molecule has 1 atom stereocenters. The second kappa shape index (κ2) is 33.3. The molecule has 0 saturated carbocycles. The van der Waals surface area contributed by atoms with Crippen molar-refractivity contribution in [1.82, 2.24) is 19.1 Å². The summed E-state index contributed by atoms with van der Waals surface area (Å²) in [5, 5.41) is 9.70. The van der Waals surface area contributed by atoms with Crippen molar-refractivity contribution in [2.75, 3.05) is 9.80 Å². The first kappa shape index (κ1) is 72.9. The maximum Gasteiger partial charge on any atom is 0.279 e. The summed E-state index contributed by atoms with van der Waals surface area (Å²) < 4.78 is 4.52. The molecule has 20 rings (SSSR count). The van der Waals surface area contributed by atoms with Crippen molar-refractivity contribution in [2.45, 2.75) is 67.0 Å². The first-order valence-corrected chi connectivity index (χ1v) is 38.2. The van der Waals surface area contributed by atoms with Crippen molar-refractivity contribution in [1.29, 1.82) is 0 Å². The molecule has 15 aromatic carbocycles. The number of hydrogen-bond acceptors (Lipinski definition) is 5. The smallest absolute Gasteiger partial charge is 0.279 e. The van der Waals surface area contributed by atoms with E-state index in [1.54, 1.807) is 0 Å². The van der Waals surface area contributed by atoms with Crippen LogP contribution in [-0.2, 0) is 5.41 Å². The van der Waals surface area contributed by atoms with E-state index in [0.717, 1.165) is 21.9 Å². The average molecular weight is 1440 g/mol. The molecule has 2 aliphatic rings. The molecule has 3 aromatic heterocycles. The highest BCUT2D eigenvalue weighted by Crippen LogP contribution is 2.52. The lowest BCUT2D eigenvalue weighted by molar-refractivity contribution is 0.592. The minimum Gasteiger partial charge on any atom is -0.317 e. The molecule has 18 aromatic rings. The Morgan fingerprint density at radius 2 is 0.856 bits per heavy atom. The molecule has 7 heteroatoms. The van der Waals surface area contributed by atoms with Crippen LogP contribution in [0.5, 0.6) is 0 Å². The number of fused-ring (bicyclic) bond motifs is 9. The fourth-order valence-electron chi connectivity index (χ4n) is 14.9. The maximum atomic E-state index is 4.94. The van der Waals surface area contributed by atoms with Gasteiger partial charge in [0.05, 0.1) is 33.4 Å². The molecule has 1 unspecified atom stereocenters. The van der Waals surface area contributed by atoms with Crippen LogP contribution in [0.4, 0.5) is 39.8 Å². The van der Waals surface area contributed by atoms with E-state index in [-0.39, 0.29) is 11.6 Å². The van der Waals surface area contributed by atoms with Gasteiger partial charge < -0.3 is 14.4 Å². The second-order valence-corrected chi connectivity index (χ2v) is 29.0. The zero-order chi connectivity index (χ0) is 76.2. The van der Waals surface area contributed by atoms with Gasteiger partial charge >= 0.3 is 0 Å². The van der Waals surface area contributed by atoms with Gasteiger partial charge in [-0.3, -0.25) is 4.98 Å². The van der Waals surface area contributed by atoms with Crippen molar-refractivity contribution in [3.63, 3.8) is 0 Å². The zero-order valence-electron chi connectivity index (χ0n) is 64.2. The highest BCUT2D eigenvalue weighted by molar-refractivity contribution is 6.05. The normalized spacial score (nSPS) is 12.7. The molecule has 0 bridgehead atoms. The molecule has 2 aliphatic heterocycles. The Hall–Kier alpha value is -13.6. The van der Waals surface area contributed by atoms with Crippen molar-refractivity contribution in [2.24, 2.45) is 4.99 Å². The van der Waals surface area contributed by atoms with E-state index in [0.29, 0.717) is 0 Å². The fraction of sp³-hybridized carbons (Fsp3) is 0.0962. The van der Waals surface area contributed by atoms with Gasteiger partial charge in [0.15, 0.2) is 0 Å². The third kappa shape index (κ3) is 16.2. The summed E-state index contributed by atoms with van der Waals surface area (Å²) in [6.07, 6.45) is 3.97. The number of anilines is 6. The molecule has 111 heavy (non-hydrogen) atoms. The van der Waals surface area contributed by atoms with E-state index in [4.69, 9.17) is 4.99 Å². The van der Waals surface area contributed by atoms with Crippen LogP contribution >= 0.6 is 0 Å². The van der Waals surface area contributed by atoms with Crippen LogP contribution in [0.1, 0.15) is 70.1 Å². The molecule has 0 spiro atoms. The monoisotopic (exact) mass is 1440 g/mol. The maximum absolute atomic E-state index is 4.94. The van der Waals surface area contributed by atoms with E-state index >= 15 is 0 Å². The Labute approximate surface area is 652 Å². The largest absolute Gasteiger partial charge is 0.317 e. The lowest BCUT2D eigenvalue weighted by atomic mass is 9.73. The third-order valence-electron chi connectivity index (χ3n) is 20.8. The molecule has 5 heterocycles. The summed E-state index contributed by atoms with van der Waals surface area (Å²) >= 11 is 0. The minimum atomic E-state index is 0.000370. The topological polar surface area (TPSA) is 52.6 Å². The van der Waals surface area contributed by atoms with Crippen LogP contribution in [0, 0.1) is 41.5 Å². The molecular formula is C104H90N7+. The summed E-state index contributed by atoms with van der Waals surface area (Å²) in [5.74, 6) is 0. The fourth-order valence-corrected chi connectivity index (χ4v) is 14.9. The van der Waals surface area contributed by atoms with Gasteiger partial charge in [0.2, 0.25) is 11.0 Å². The van der Waals surface area contributed by atoms with E-state index in [1.165, 1.54) is 139 Å². The Morgan fingerprint density at radius 1 is 0.360 bits per heavy atom. The van der Waals surface area contributed by atoms with Gasteiger partial charge in [0.1, 0.15) is 5.36 Å². The molecule has 0 radical (unpaired) electrons. The van der Waals surface area contributed by atoms with Crippen LogP contribution < -0.4 is 25.1 Å². The molecule has 0 N–H and O–H groups in total. The number of nitrogens with zero attached hydrogens (tertiary/aromatic N) is 7. The van der Waals surface area contributed by atoms with Gasteiger partial charge in [0, 0.05) is 91.6 Å². The molecule has 540 valence electrons. The Kier molecular flexibility index (Phi) is 21.8. The SMILES string of the molecule is Cc1c2ccccc2nc2ccccc12.Cc1ccc(-n2ccc3ccccc32)cc1.Cc1ccc(C2N=c3ccccc3=[N+]2c2ccccc2)cc1.Cc1ccc(N(c2ccccc2)c2ccccc2)cc1.Cc1ccc2c(c1)N(c1ccccc1)c1ccccc1C2(C)C.Cc1ccc2ccc3cccnc3c2c1. The second-order valence-electron chi connectivity index (χ2n) is 29.0. The summed E-state index contributed by atoms with van der Waals surface area (Å²) in [6.45, 7) is 17.4. The Morgan fingerprint density at radius 3 is 1.53 bits per heavy atom. The molecule has 0 aliphatic carbocycles. The molecule has 7 nitrogen and oxygen atoms in total. The van der Waals surface area contributed by atoms with Gasteiger partial charge in [-0.2, -0.15) is 4.58 Å². The van der Waals surface area contributed by atoms with Crippen molar-refractivity contribution >= 4 is 94.2 Å². The lowest BCUT2D eigenvalue weighted by Crippen LogP contribution is -2.31. The van der Waals surface area contributed by atoms with E-state index in [1.807, 2.05) is 48.7 Å². The number of hydrogen-bond donors (Lipinski definition) is 0. The van der Waals surface area contributed by atoms with Crippen molar-refractivity contribution in [3.05, 3.63) is 455 Å². The highest BCUT2D eigenvalue weighted by Gasteiger charge is 2.37. The number of rotatable bonds is 7. The Bertz CT molecular complexity index is 6260. The highest BCUT2D eigenvalue weighted by atomic mass is 15.2. The van der Waals surface area contributed by atoms with Gasteiger partial charge in [-0.25, -0.2) is 9.98 Å². The summed E-state index contributed by atoms with van der Waals surface area (Å²) in [6, 6.07) is 134. The number of para-hydroxylation sites is 10. The Balaban J connectivity index is 0.000000106. The van der Waals surface area contributed by atoms with Gasteiger partial charge in [0.25, 0.3) is 6.17 Å². The number of benzene rings is 15. The first-order chi connectivity index (χ1) is 54.3. The zero-order valence-corrected chi connectivity index (χ0v) is 64.2.